The van der Waals surface area contributed by atoms with E-state index >= 15 is 0 Å². The number of halogens is 2. The molecule has 174 valence electrons. The van der Waals surface area contributed by atoms with Crippen molar-refractivity contribution < 1.29 is 23.0 Å². The van der Waals surface area contributed by atoms with E-state index in [4.69, 9.17) is 9.47 Å². The number of rotatable bonds is 3. The van der Waals surface area contributed by atoms with Crippen LogP contribution in [-0.4, -0.2) is 66.8 Å². The number of carbonyl (C=O) groups excluding carboxylic acids is 1. The van der Waals surface area contributed by atoms with Crippen molar-refractivity contribution >= 4 is 17.5 Å². The van der Waals surface area contributed by atoms with E-state index in [1.54, 1.807) is 4.90 Å². The number of hydrogen-bond acceptors (Lipinski definition) is 6. The van der Waals surface area contributed by atoms with Crippen LogP contribution in [0.25, 0.3) is 11.1 Å². The summed E-state index contributed by atoms with van der Waals surface area (Å²) >= 11 is 0. The van der Waals surface area contributed by atoms with Gasteiger partial charge in [-0.15, -0.1) is 0 Å². The summed E-state index contributed by atoms with van der Waals surface area (Å²) in [4.78, 5) is 25.8. The molecule has 2 aromatic carbocycles. The molecular weight excluding hydrogens is 442 g/mol. The largest absolute Gasteiger partial charge is 0.379 e. The van der Waals surface area contributed by atoms with E-state index in [1.807, 2.05) is 23.1 Å². The quantitative estimate of drug-likeness (QED) is 0.593. The van der Waals surface area contributed by atoms with E-state index in [-0.39, 0.29) is 16.9 Å². The number of morpholine rings is 1. The molecule has 1 spiro atoms. The van der Waals surface area contributed by atoms with Gasteiger partial charge in [0.25, 0.3) is 5.91 Å². The van der Waals surface area contributed by atoms with Gasteiger partial charge in [-0.3, -0.25) is 4.79 Å². The molecule has 3 aromatic rings. The monoisotopic (exact) mass is 464 g/mol. The zero-order chi connectivity index (χ0) is 23.3. The van der Waals surface area contributed by atoms with Crippen molar-refractivity contribution in [3.8, 4) is 11.1 Å². The van der Waals surface area contributed by atoms with Gasteiger partial charge in [-0.2, -0.15) is 0 Å². The van der Waals surface area contributed by atoms with Crippen molar-refractivity contribution in [2.75, 3.05) is 51.0 Å². The molecular formula is C25H22F2N4O3. The summed E-state index contributed by atoms with van der Waals surface area (Å²) in [6.45, 7) is 3.99. The van der Waals surface area contributed by atoms with Gasteiger partial charge in [-0.1, -0.05) is 6.07 Å². The van der Waals surface area contributed by atoms with Crippen LogP contribution in [0, 0.1) is 11.6 Å². The minimum Gasteiger partial charge on any atom is -0.379 e. The minimum absolute atomic E-state index is 0.0327. The Balaban J connectivity index is 1.34. The Morgan fingerprint density at radius 1 is 0.971 bits per heavy atom. The van der Waals surface area contributed by atoms with Gasteiger partial charge < -0.3 is 19.3 Å². The highest BCUT2D eigenvalue weighted by molar-refractivity contribution is 5.96. The molecule has 0 aliphatic carbocycles. The van der Waals surface area contributed by atoms with Crippen LogP contribution in [0.4, 0.5) is 20.4 Å². The van der Waals surface area contributed by atoms with Crippen molar-refractivity contribution in [2.45, 2.75) is 5.41 Å². The summed E-state index contributed by atoms with van der Waals surface area (Å²) in [5, 5.41) is 0. The SMILES string of the molecule is O=C(c1ccc2c(c1)N(c1ncc(-c3cc(F)ccc3F)cn1)CC21COC1)N1CCOCC1. The van der Waals surface area contributed by atoms with Crippen LogP contribution in [0.3, 0.4) is 0 Å². The molecule has 3 aliphatic heterocycles. The second-order valence-corrected chi connectivity index (χ2v) is 8.89. The molecule has 0 saturated carbocycles. The van der Waals surface area contributed by atoms with Crippen molar-refractivity contribution in [1.82, 2.24) is 14.9 Å². The molecule has 0 N–H and O–H groups in total. The molecule has 1 aromatic heterocycles. The lowest BCUT2D eigenvalue weighted by molar-refractivity contribution is -0.0507. The van der Waals surface area contributed by atoms with Crippen LogP contribution in [0.2, 0.25) is 0 Å². The van der Waals surface area contributed by atoms with Gasteiger partial charge in [0.15, 0.2) is 0 Å². The first-order valence-corrected chi connectivity index (χ1v) is 11.2. The lowest BCUT2D eigenvalue weighted by atomic mass is 9.80. The van der Waals surface area contributed by atoms with Crippen LogP contribution in [0.15, 0.2) is 48.8 Å². The van der Waals surface area contributed by atoms with Crippen LogP contribution in [-0.2, 0) is 14.9 Å². The number of aromatic nitrogens is 2. The number of ether oxygens (including phenoxy) is 2. The highest BCUT2D eigenvalue weighted by atomic mass is 19.1. The number of carbonyl (C=O) groups is 1. The summed E-state index contributed by atoms with van der Waals surface area (Å²) in [6.07, 6.45) is 2.98. The van der Waals surface area contributed by atoms with E-state index in [0.717, 1.165) is 29.4 Å². The predicted octanol–water partition coefficient (Wildman–Crippen LogP) is 3.31. The third kappa shape index (κ3) is 3.43. The average Bonchev–Trinajstić information content (AvgIpc) is 3.21. The maximum absolute atomic E-state index is 14.2. The predicted molar refractivity (Wildman–Crippen MR) is 120 cm³/mol. The fourth-order valence-corrected chi connectivity index (χ4v) is 4.85. The van der Waals surface area contributed by atoms with E-state index in [1.165, 1.54) is 12.4 Å². The van der Waals surface area contributed by atoms with Crippen LogP contribution in [0.1, 0.15) is 15.9 Å². The maximum atomic E-state index is 14.2. The number of hydrogen-bond donors (Lipinski definition) is 0. The van der Waals surface area contributed by atoms with Gasteiger partial charge in [0.05, 0.1) is 31.8 Å². The lowest BCUT2D eigenvalue weighted by Crippen LogP contribution is -2.49. The summed E-state index contributed by atoms with van der Waals surface area (Å²) in [5.41, 5.74) is 2.88. The summed E-state index contributed by atoms with van der Waals surface area (Å²) < 4.78 is 38.7. The van der Waals surface area contributed by atoms with Gasteiger partial charge in [-0.25, -0.2) is 18.7 Å². The van der Waals surface area contributed by atoms with Gasteiger partial charge in [0, 0.05) is 54.4 Å². The zero-order valence-electron chi connectivity index (χ0n) is 18.3. The van der Waals surface area contributed by atoms with Crippen molar-refractivity contribution in [3.63, 3.8) is 0 Å². The van der Waals surface area contributed by atoms with Crippen LogP contribution >= 0.6 is 0 Å². The highest BCUT2D eigenvalue weighted by Gasteiger charge is 2.49. The second kappa shape index (κ2) is 8.11. The smallest absolute Gasteiger partial charge is 0.254 e. The molecule has 0 atom stereocenters. The molecule has 3 aliphatic rings. The van der Waals surface area contributed by atoms with E-state index in [0.29, 0.717) is 63.1 Å². The highest BCUT2D eigenvalue weighted by Crippen LogP contribution is 2.48. The van der Waals surface area contributed by atoms with Crippen LogP contribution < -0.4 is 4.90 Å². The first-order valence-electron chi connectivity index (χ1n) is 11.2. The molecule has 2 saturated heterocycles. The van der Waals surface area contributed by atoms with Crippen molar-refractivity contribution in [1.29, 1.82) is 0 Å². The third-order valence-electron chi connectivity index (χ3n) is 6.74. The van der Waals surface area contributed by atoms with Crippen LogP contribution in [0.5, 0.6) is 0 Å². The summed E-state index contributed by atoms with van der Waals surface area (Å²) in [7, 11) is 0. The van der Waals surface area contributed by atoms with Gasteiger partial charge in [0.1, 0.15) is 11.6 Å². The second-order valence-electron chi connectivity index (χ2n) is 8.89. The lowest BCUT2D eigenvalue weighted by Gasteiger charge is -2.38. The first kappa shape index (κ1) is 21.1. The Morgan fingerprint density at radius 2 is 1.74 bits per heavy atom. The Hall–Kier alpha value is -3.43. The van der Waals surface area contributed by atoms with Gasteiger partial charge in [-0.05, 0) is 35.9 Å². The summed E-state index contributed by atoms with van der Waals surface area (Å²) in [5.74, 6) is -0.671. The fraction of sp³-hybridized carbons (Fsp3) is 0.320. The molecule has 7 nitrogen and oxygen atoms in total. The van der Waals surface area contributed by atoms with E-state index < -0.39 is 11.6 Å². The standard InChI is InChI=1S/C25H22F2N4O3/c26-18-2-4-21(27)19(10-18)17-11-28-24(29-12-17)31-13-25(14-34-15-25)20-3-1-16(9-22(20)31)23(32)30-5-7-33-8-6-30/h1-4,9-12H,5-8,13-15H2. The number of anilines is 2. The number of nitrogens with zero attached hydrogens (tertiary/aromatic N) is 4. The normalized spacial score (nSPS) is 18.6. The van der Waals surface area contributed by atoms with Crippen molar-refractivity contribution in [2.24, 2.45) is 0 Å². The fourth-order valence-electron chi connectivity index (χ4n) is 4.85. The summed E-state index contributed by atoms with van der Waals surface area (Å²) in [6, 6.07) is 9.06. The maximum Gasteiger partial charge on any atom is 0.254 e. The molecule has 0 bridgehead atoms. The molecule has 34 heavy (non-hydrogen) atoms. The minimum atomic E-state index is -0.541. The van der Waals surface area contributed by atoms with Gasteiger partial charge in [0.2, 0.25) is 5.95 Å². The number of amides is 1. The topological polar surface area (TPSA) is 67.8 Å². The van der Waals surface area contributed by atoms with E-state index in [9.17, 15) is 13.6 Å². The molecule has 6 rings (SSSR count). The molecule has 0 unspecified atom stereocenters. The molecule has 0 radical (unpaired) electrons. The molecule has 1 amide bonds. The number of fused-ring (bicyclic) bond motifs is 2. The Kier molecular flexibility index (Phi) is 5.04. The molecule has 9 heteroatoms. The Morgan fingerprint density at radius 3 is 2.44 bits per heavy atom. The van der Waals surface area contributed by atoms with Gasteiger partial charge >= 0.3 is 0 Å². The average molecular weight is 464 g/mol. The van der Waals surface area contributed by atoms with E-state index in [2.05, 4.69) is 9.97 Å². The Bertz CT molecular complexity index is 1260. The van der Waals surface area contributed by atoms with Crippen molar-refractivity contribution in [3.05, 3.63) is 71.6 Å². The molecule has 4 heterocycles. The molecule has 2 fully saturated rings. The number of benzene rings is 2. The first-order chi connectivity index (χ1) is 16.5. The zero-order valence-corrected chi connectivity index (χ0v) is 18.3. The Labute approximate surface area is 194 Å². The third-order valence-corrected chi connectivity index (χ3v) is 6.74.